The van der Waals surface area contributed by atoms with Crippen LogP contribution >= 0.6 is 0 Å². The van der Waals surface area contributed by atoms with E-state index in [4.69, 9.17) is 5.11 Å². The quantitative estimate of drug-likeness (QED) is 0.774. The summed E-state index contributed by atoms with van der Waals surface area (Å²) < 4.78 is 0. The predicted octanol–water partition coefficient (Wildman–Crippen LogP) is 2.12. The number of likely N-dealkylation sites (tertiary alicyclic amines) is 1. The molecule has 0 amide bonds. The zero-order valence-electron chi connectivity index (χ0n) is 9.32. The first-order valence-corrected chi connectivity index (χ1v) is 6.21. The first kappa shape index (κ1) is 10.9. The Balaban J connectivity index is 1.73. The Morgan fingerprint density at radius 1 is 1.27 bits per heavy atom. The van der Waals surface area contributed by atoms with Crippen LogP contribution in [-0.2, 0) is 4.79 Å². The van der Waals surface area contributed by atoms with Crippen molar-refractivity contribution in [3.05, 3.63) is 0 Å². The number of rotatable bonds is 4. The second kappa shape index (κ2) is 4.97. The Morgan fingerprint density at radius 2 is 2.07 bits per heavy atom. The molecule has 2 fully saturated rings. The van der Waals surface area contributed by atoms with E-state index in [2.05, 4.69) is 4.90 Å². The highest BCUT2D eigenvalue weighted by atomic mass is 16.4. The zero-order valence-corrected chi connectivity index (χ0v) is 9.32. The van der Waals surface area contributed by atoms with E-state index in [0.717, 1.165) is 19.0 Å². The summed E-state index contributed by atoms with van der Waals surface area (Å²) in [4.78, 5) is 13.1. The highest BCUT2D eigenvalue weighted by Gasteiger charge is 2.29. The third-order valence-corrected chi connectivity index (χ3v) is 3.91. The molecule has 86 valence electrons. The van der Waals surface area contributed by atoms with E-state index in [1.54, 1.807) is 0 Å². The first-order valence-electron chi connectivity index (χ1n) is 6.21. The maximum atomic E-state index is 10.5. The van der Waals surface area contributed by atoms with Gasteiger partial charge in [0, 0.05) is 19.0 Å². The Bertz CT molecular complexity index is 226. The Kier molecular flexibility index (Phi) is 3.62. The third kappa shape index (κ3) is 2.94. The van der Waals surface area contributed by atoms with E-state index in [1.807, 2.05) is 0 Å². The summed E-state index contributed by atoms with van der Waals surface area (Å²) in [5.74, 6) is -0.00813. The summed E-state index contributed by atoms with van der Waals surface area (Å²) in [6.45, 7) is 2.40. The van der Waals surface area contributed by atoms with Crippen LogP contribution in [-0.4, -0.2) is 35.1 Å². The van der Waals surface area contributed by atoms with Crippen molar-refractivity contribution in [2.75, 3.05) is 13.1 Å². The second-order valence-electron chi connectivity index (χ2n) is 5.02. The Labute approximate surface area is 91.5 Å². The molecule has 2 aliphatic rings. The molecule has 0 aromatic heterocycles. The molecule has 1 saturated carbocycles. The lowest BCUT2D eigenvalue weighted by Gasteiger charge is -2.42. The molecule has 1 unspecified atom stereocenters. The molecule has 0 bridgehead atoms. The van der Waals surface area contributed by atoms with Crippen LogP contribution in [0, 0.1) is 5.92 Å². The van der Waals surface area contributed by atoms with E-state index >= 15 is 0 Å². The van der Waals surface area contributed by atoms with Crippen molar-refractivity contribution < 1.29 is 9.90 Å². The summed E-state index contributed by atoms with van der Waals surface area (Å²) in [5.41, 5.74) is 0. The van der Waals surface area contributed by atoms with Gasteiger partial charge in [-0.2, -0.15) is 0 Å². The molecule has 1 aliphatic carbocycles. The minimum absolute atomic E-state index is 0.350. The molecule has 3 heteroatoms. The highest BCUT2D eigenvalue weighted by Crippen LogP contribution is 2.30. The van der Waals surface area contributed by atoms with Crippen LogP contribution in [0.4, 0.5) is 0 Å². The fourth-order valence-corrected chi connectivity index (χ4v) is 2.74. The fraction of sp³-hybridized carbons (Fsp3) is 0.917. The topological polar surface area (TPSA) is 40.5 Å². The molecule has 0 aromatic carbocycles. The Hall–Kier alpha value is -0.570. The number of hydrogen-bond donors (Lipinski definition) is 1. The molecule has 1 aliphatic heterocycles. The van der Waals surface area contributed by atoms with Gasteiger partial charge in [-0.15, -0.1) is 0 Å². The fourth-order valence-electron chi connectivity index (χ4n) is 2.74. The van der Waals surface area contributed by atoms with Gasteiger partial charge >= 0.3 is 5.97 Å². The van der Waals surface area contributed by atoms with Crippen molar-refractivity contribution in [2.24, 2.45) is 5.92 Å². The van der Waals surface area contributed by atoms with Gasteiger partial charge in [-0.25, -0.2) is 0 Å². The zero-order chi connectivity index (χ0) is 10.7. The maximum absolute atomic E-state index is 10.5. The van der Waals surface area contributed by atoms with E-state index in [-0.39, 0.29) is 0 Å². The number of carboxylic acid groups (broad SMARTS) is 1. The molecule has 1 saturated heterocycles. The average molecular weight is 211 g/mol. The molecule has 3 nitrogen and oxygen atoms in total. The van der Waals surface area contributed by atoms with Gasteiger partial charge < -0.3 is 10.0 Å². The SMILES string of the molecule is O=C(O)CCC1CCCN(C2CCC2)C1. The van der Waals surface area contributed by atoms with Gasteiger partial charge in [0.15, 0.2) is 0 Å². The van der Waals surface area contributed by atoms with Crippen LogP contribution < -0.4 is 0 Å². The minimum atomic E-state index is -0.643. The molecule has 0 radical (unpaired) electrons. The largest absolute Gasteiger partial charge is 0.481 e. The summed E-state index contributed by atoms with van der Waals surface area (Å²) in [6.07, 6.45) is 7.84. The third-order valence-electron chi connectivity index (χ3n) is 3.91. The normalized spacial score (nSPS) is 28.7. The maximum Gasteiger partial charge on any atom is 0.303 e. The van der Waals surface area contributed by atoms with Gasteiger partial charge in [0.1, 0.15) is 0 Å². The highest BCUT2D eigenvalue weighted by molar-refractivity contribution is 5.66. The Morgan fingerprint density at radius 3 is 2.67 bits per heavy atom. The smallest absolute Gasteiger partial charge is 0.303 e. The molecular formula is C12H21NO2. The van der Waals surface area contributed by atoms with E-state index < -0.39 is 5.97 Å². The number of piperidine rings is 1. The van der Waals surface area contributed by atoms with Gasteiger partial charge in [-0.05, 0) is 44.6 Å². The van der Waals surface area contributed by atoms with Crippen LogP contribution in [0.1, 0.15) is 44.9 Å². The average Bonchev–Trinajstić information content (AvgIpc) is 2.13. The number of carbonyl (C=O) groups is 1. The lowest BCUT2D eigenvalue weighted by Crippen LogP contribution is -2.45. The number of aliphatic carboxylic acids is 1. The van der Waals surface area contributed by atoms with Gasteiger partial charge in [-0.1, -0.05) is 6.42 Å². The van der Waals surface area contributed by atoms with Crippen LogP contribution in [0.25, 0.3) is 0 Å². The monoisotopic (exact) mass is 211 g/mol. The van der Waals surface area contributed by atoms with E-state index in [0.29, 0.717) is 12.3 Å². The van der Waals surface area contributed by atoms with Gasteiger partial charge in [0.2, 0.25) is 0 Å². The molecule has 0 aromatic rings. The molecule has 2 rings (SSSR count). The van der Waals surface area contributed by atoms with E-state index in [1.165, 1.54) is 38.6 Å². The van der Waals surface area contributed by atoms with Crippen molar-refractivity contribution in [1.29, 1.82) is 0 Å². The van der Waals surface area contributed by atoms with E-state index in [9.17, 15) is 4.79 Å². The summed E-state index contributed by atoms with van der Waals surface area (Å²) in [6, 6.07) is 0.831. The number of nitrogens with zero attached hydrogens (tertiary/aromatic N) is 1. The second-order valence-corrected chi connectivity index (χ2v) is 5.02. The molecular weight excluding hydrogens is 190 g/mol. The minimum Gasteiger partial charge on any atom is -0.481 e. The van der Waals surface area contributed by atoms with Crippen molar-refractivity contribution >= 4 is 5.97 Å². The van der Waals surface area contributed by atoms with Crippen LogP contribution in [0.5, 0.6) is 0 Å². The molecule has 1 atom stereocenters. The predicted molar refractivity (Wildman–Crippen MR) is 58.8 cm³/mol. The van der Waals surface area contributed by atoms with Crippen LogP contribution in [0.15, 0.2) is 0 Å². The van der Waals surface area contributed by atoms with Crippen molar-refractivity contribution in [2.45, 2.75) is 51.0 Å². The van der Waals surface area contributed by atoms with Crippen LogP contribution in [0.3, 0.4) is 0 Å². The van der Waals surface area contributed by atoms with Crippen LogP contribution in [0.2, 0.25) is 0 Å². The lowest BCUT2D eigenvalue weighted by molar-refractivity contribution is -0.137. The van der Waals surface area contributed by atoms with Crippen molar-refractivity contribution in [1.82, 2.24) is 4.90 Å². The molecule has 0 spiro atoms. The molecule has 1 heterocycles. The summed E-state index contributed by atoms with van der Waals surface area (Å²) in [5, 5.41) is 8.66. The lowest BCUT2D eigenvalue weighted by atomic mass is 9.86. The molecule has 1 N–H and O–H groups in total. The number of carboxylic acids is 1. The summed E-state index contributed by atoms with van der Waals surface area (Å²) >= 11 is 0. The van der Waals surface area contributed by atoms with Crippen molar-refractivity contribution in [3.63, 3.8) is 0 Å². The number of hydrogen-bond acceptors (Lipinski definition) is 2. The molecule has 15 heavy (non-hydrogen) atoms. The first-order chi connectivity index (χ1) is 7.25. The van der Waals surface area contributed by atoms with Gasteiger partial charge in [0.25, 0.3) is 0 Å². The van der Waals surface area contributed by atoms with Crippen molar-refractivity contribution in [3.8, 4) is 0 Å². The van der Waals surface area contributed by atoms with Gasteiger partial charge in [0.05, 0.1) is 0 Å². The van der Waals surface area contributed by atoms with Gasteiger partial charge in [-0.3, -0.25) is 4.79 Å². The standard InChI is InChI=1S/C12H21NO2/c14-12(15)7-6-10-3-2-8-13(9-10)11-4-1-5-11/h10-11H,1-9H2,(H,14,15). The summed E-state index contributed by atoms with van der Waals surface area (Å²) in [7, 11) is 0.